The van der Waals surface area contributed by atoms with Crippen LogP contribution in [0.25, 0.3) is 0 Å². The summed E-state index contributed by atoms with van der Waals surface area (Å²) in [5, 5.41) is 17.4. The summed E-state index contributed by atoms with van der Waals surface area (Å²) in [7, 11) is 0. The molecule has 0 bridgehead atoms. The number of halogens is 2. The Morgan fingerprint density at radius 2 is 2.30 bits per heavy atom. The number of aromatic hydroxyl groups is 1. The molecule has 0 aliphatic carbocycles. The number of hydrazone groups is 1. The third-order valence-corrected chi connectivity index (χ3v) is 3.29. The van der Waals surface area contributed by atoms with Gasteiger partial charge in [-0.25, -0.2) is 15.1 Å². The van der Waals surface area contributed by atoms with E-state index in [1.807, 2.05) is 0 Å². The number of phenolic OH excluding ortho intramolecular Hbond substituents is 1. The number of aromatic nitrogens is 3. The Morgan fingerprint density at radius 1 is 1.50 bits per heavy atom. The summed E-state index contributed by atoms with van der Waals surface area (Å²) in [6.07, 6.45) is 4.12. The molecule has 9 heteroatoms. The van der Waals surface area contributed by atoms with Crippen LogP contribution >= 0.6 is 31.9 Å². The van der Waals surface area contributed by atoms with Gasteiger partial charge in [0.1, 0.15) is 24.9 Å². The number of rotatable bonds is 4. The highest BCUT2D eigenvalue weighted by atomic mass is 79.9. The highest BCUT2D eigenvalue weighted by Crippen LogP contribution is 2.30. The molecule has 7 nitrogen and oxygen atoms in total. The first-order valence-electron chi connectivity index (χ1n) is 5.38. The Balaban J connectivity index is 1.98. The molecule has 2 aromatic rings. The van der Waals surface area contributed by atoms with Crippen molar-refractivity contribution in [3.8, 4) is 5.75 Å². The Bertz CT molecular complexity index is 643. The molecule has 0 radical (unpaired) electrons. The molecular weight excluding hydrogens is 394 g/mol. The second kappa shape index (κ2) is 6.62. The molecule has 0 spiro atoms. The van der Waals surface area contributed by atoms with Crippen molar-refractivity contribution in [2.45, 2.75) is 6.54 Å². The van der Waals surface area contributed by atoms with Crippen LogP contribution < -0.4 is 5.43 Å². The van der Waals surface area contributed by atoms with Crippen LogP contribution in [0.4, 0.5) is 0 Å². The quantitative estimate of drug-likeness (QED) is 0.600. The summed E-state index contributed by atoms with van der Waals surface area (Å²) >= 11 is 6.51. The van der Waals surface area contributed by atoms with E-state index >= 15 is 0 Å². The van der Waals surface area contributed by atoms with E-state index in [-0.39, 0.29) is 18.2 Å². The molecular formula is C11H9Br2N5O2. The van der Waals surface area contributed by atoms with Crippen molar-refractivity contribution < 1.29 is 9.90 Å². The second-order valence-electron chi connectivity index (χ2n) is 3.71. The van der Waals surface area contributed by atoms with Gasteiger partial charge in [0.2, 0.25) is 0 Å². The minimum absolute atomic E-state index is 0.0193. The van der Waals surface area contributed by atoms with Gasteiger partial charge in [-0.05, 0) is 28.1 Å². The van der Waals surface area contributed by atoms with Gasteiger partial charge in [0.05, 0.1) is 10.7 Å². The topological polar surface area (TPSA) is 92.4 Å². The van der Waals surface area contributed by atoms with Crippen molar-refractivity contribution >= 4 is 44.0 Å². The van der Waals surface area contributed by atoms with Crippen molar-refractivity contribution in [2.24, 2.45) is 5.10 Å². The van der Waals surface area contributed by atoms with Gasteiger partial charge in [-0.15, -0.1) is 0 Å². The average molecular weight is 403 g/mol. The number of nitrogens with zero attached hydrogens (tertiary/aromatic N) is 4. The van der Waals surface area contributed by atoms with E-state index in [2.05, 4.69) is 52.5 Å². The first kappa shape index (κ1) is 14.7. The fraction of sp³-hybridized carbons (Fsp3) is 0.0909. The number of carbonyl (C=O) groups is 1. The van der Waals surface area contributed by atoms with Crippen LogP contribution in [0.2, 0.25) is 0 Å². The van der Waals surface area contributed by atoms with Crippen LogP contribution in [0, 0.1) is 0 Å². The van der Waals surface area contributed by atoms with Crippen molar-refractivity contribution in [2.75, 3.05) is 0 Å². The van der Waals surface area contributed by atoms with Gasteiger partial charge in [0.25, 0.3) is 5.91 Å². The monoisotopic (exact) mass is 401 g/mol. The van der Waals surface area contributed by atoms with E-state index in [1.54, 1.807) is 12.1 Å². The van der Waals surface area contributed by atoms with Crippen LogP contribution in [0.15, 0.2) is 38.8 Å². The zero-order valence-electron chi connectivity index (χ0n) is 9.99. The van der Waals surface area contributed by atoms with Gasteiger partial charge in [0.15, 0.2) is 0 Å². The fourth-order valence-corrected chi connectivity index (χ4v) is 2.61. The molecule has 1 heterocycles. The van der Waals surface area contributed by atoms with Crippen molar-refractivity contribution in [1.29, 1.82) is 0 Å². The molecule has 104 valence electrons. The maximum atomic E-state index is 11.5. The average Bonchev–Trinajstić information content (AvgIpc) is 2.87. The number of carbonyl (C=O) groups excluding carboxylic acids is 1. The summed E-state index contributed by atoms with van der Waals surface area (Å²) < 4.78 is 2.68. The number of hydrogen-bond donors (Lipinski definition) is 2. The molecule has 0 aliphatic rings. The SMILES string of the molecule is O=C(Cn1cncn1)N/N=C\c1cc(Br)cc(Br)c1O. The maximum absolute atomic E-state index is 11.5. The molecule has 1 amide bonds. The van der Waals surface area contributed by atoms with E-state index < -0.39 is 0 Å². The summed E-state index contributed by atoms with van der Waals surface area (Å²) in [4.78, 5) is 15.2. The van der Waals surface area contributed by atoms with E-state index in [9.17, 15) is 9.90 Å². The lowest BCUT2D eigenvalue weighted by Gasteiger charge is -2.03. The van der Waals surface area contributed by atoms with Gasteiger partial charge in [-0.3, -0.25) is 4.79 Å². The lowest BCUT2D eigenvalue weighted by Crippen LogP contribution is -2.23. The number of hydrogen-bond acceptors (Lipinski definition) is 5. The summed E-state index contributed by atoms with van der Waals surface area (Å²) in [6, 6.07) is 3.38. The standard InChI is InChI=1S/C11H9Br2N5O2/c12-8-1-7(11(20)9(13)2-8)3-15-17-10(19)4-18-6-14-5-16-18/h1-3,5-6,20H,4H2,(H,17,19)/b15-3-. The first-order valence-corrected chi connectivity index (χ1v) is 6.97. The van der Waals surface area contributed by atoms with E-state index in [0.717, 1.165) is 4.47 Å². The predicted octanol–water partition coefficient (Wildman–Crippen LogP) is 1.66. The third-order valence-electron chi connectivity index (χ3n) is 2.22. The minimum Gasteiger partial charge on any atom is -0.506 e. The van der Waals surface area contributed by atoms with Gasteiger partial charge < -0.3 is 5.11 Å². The zero-order chi connectivity index (χ0) is 14.5. The molecule has 0 saturated carbocycles. The number of benzene rings is 1. The van der Waals surface area contributed by atoms with Gasteiger partial charge in [-0.2, -0.15) is 10.2 Å². The first-order chi connectivity index (χ1) is 9.56. The van der Waals surface area contributed by atoms with E-state index in [4.69, 9.17) is 0 Å². The Morgan fingerprint density at radius 3 is 3.00 bits per heavy atom. The molecule has 0 unspecified atom stereocenters. The smallest absolute Gasteiger partial charge is 0.261 e. The van der Waals surface area contributed by atoms with Gasteiger partial charge in [0, 0.05) is 10.0 Å². The van der Waals surface area contributed by atoms with Crippen molar-refractivity contribution in [3.63, 3.8) is 0 Å². The van der Waals surface area contributed by atoms with Gasteiger partial charge in [-0.1, -0.05) is 15.9 Å². The van der Waals surface area contributed by atoms with Crippen molar-refractivity contribution in [1.82, 2.24) is 20.2 Å². The largest absolute Gasteiger partial charge is 0.506 e. The van der Waals surface area contributed by atoms with Crippen LogP contribution in [0.1, 0.15) is 5.56 Å². The number of phenols is 1. The van der Waals surface area contributed by atoms with Crippen LogP contribution in [0.5, 0.6) is 5.75 Å². The third kappa shape index (κ3) is 3.87. The lowest BCUT2D eigenvalue weighted by atomic mass is 10.2. The molecule has 2 rings (SSSR count). The van der Waals surface area contributed by atoms with Crippen LogP contribution in [-0.2, 0) is 11.3 Å². The molecule has 1 aromatic carbocycles. The molecule has 20 heavy (non-hydrogen) atoms. The Hall–Kier alpha value is -1.74. The second-order valence-corrected chi connectivity index (χ2v) is 5.48. The molecule has 0 aliphatic heterocycles. The number of amides is 1. The molecule has 0 saturated heterocycles. The highest BCUT2D eigenvalue weighted by Gasteiger charge is 2.06. The van der Waals surface area contributed by atoms with Crippen LogP contribution in [-0.4, -0.2) is 32.0 Å². The maximum Gasteiger partial charge on any atom is 0.261 e. The zero-order valence-corrected chi connectivity index (χ0v) is 13.2. The lowest BCUT2D eigenvalue weighted by molar-refractivity contribution is -0.121. The summed E-state index contributed by atoms with van der Waals surface area (Å²) in [6.45, 7) is 0.0193. The Kier molecular flexibility index (Phi) is 4.85. The molecule has 0 atom stereocenters. The summed E-state index contributed by atoms with van der Waals surface area (Å²) in [5.74, 6) is -0.303. The molecule has 1 aromatic heterocycles. The van der Waals surface area contributed by atoms with Gasteiger partial charge >= 0.3 is 0 Å². The summed E-state index contributed by atoms with van der Waals surface area (Å²) in [5.41, 5.74) is 2.80. The van der Waals surface area contributed by atoms with Crippen molar-refractivity contribution in [3.05, 3.63) is 39.3 Å². The number of nitrogens with one attached hydrogen (secondary N) is 1. The highest BCUT2D eigenvalue weighted by molar-refractivity contribution is 9.11. The molecule has 2 N–H and O–H groups in total. The predicted molar refractivity (Wildman–Crippen MR) is 79.3 cm³/mol. The van der Waals surface area contributed by atoms with E-state index in [1.165, 1.54) is 23.6 Å². The normalized spacial score (nSPS) is 10.9. The molecule has 0 fully saturated rings. The van der Waals surface area contributed by atoms with E-state index in [0.29, 0.717) is 10.0 Å². The Labute approximate surface area is 131 Å². The minimum atomic E-state index is -0.347. The van der Waals surface area contributed by atoms with Crippen LogP contribution in [0.3, 0.4) is 0 Å². The fourth-order valence-electron chi connectivity index (χ4n) is 1.35.